The van der Waals surface area contributed by atoms with Crippen molar-refractivity contribution in [3.63, 3.8) is 0 Å². The van der Waals surface area contributed by atoms with Gasteiger partial charge in [0.05, 0.1) is 27.4 Å². The zero-order chi connectivity index (χ0) is 15.7. The van der Waals surface area contributed by atoms with E-state index in [4.69, 9.17) is 18.9 Å². The first-order valence-electron chi connectivity index (χ1n) is 7.23. The van der Waals surface area contributed by atoms with Crippen molar-refractivity contribution < 1.29 is 18.9 Å². The van der Waals surface area contributed by atoms with E-state index in [2.05, 4.69) is 5.32 Å². The molecule has 0 aliphatic carbocycles. The molecule has 0 saturated carbocycles. The van der Waals surface area contributed by atoms with Crippen molar-refractivity contribution in [1.29, 1.82) is 0 Å². The van der Waals surface area contributed by atoms with E-state index in [9.17, 15) is 0 Å². The molecule has 0 amide bonds. The Kier molecular flexibility index (Phi) is 7.93. The number of nitrogens with one attached hydrogen (secondary N) is 1. The molecule has 5 nitrogen and oxygen atoms in total. The van der Waals surface area contributed by atoms with Crippen LogP contribution in [0.2, 0.25) is 0 Å². The summed E-state index contributed by atoms with van der Waals surface area (Å²) in [6.45, 7) is 6.47. The van der Waals surface area contributed by atoms with Crippen LogP contribution in [0.15, 0.2) is 12.1 Å². The molecule has 0 radical (unpaired) electrons. The van der Waals surface area contributed by atoms with E-state index in [1.807, 2.05) is 26.0 Å². The Labute approximate surface area is 127 Å². The van der Waals surface area contributed by atoms with E-state index in [1.54, 1.807) is 21.3 Å². The van der Waals surface area contributed by atoms with Gasteiger partial charge in [-0.1, -0.05) is 0 Å². The van der Waals surface area contributed by atoms with E-state index in [0.717, 1.165) is 30.9 Å². The van der Waals surface area contributed by atoms with E-state index in [1.165, 1.54) is 0 Å². The lowest BCUT2D eigenvalue weighted by Gasteiger charge is -2.14. The summed E-state index contributed by atoms with van der Waals surface area (Å²) in [7, 11) is 4.90. The highest BCUT2D eigenvalue weighted by Crippen LogP contribution is 2.34. The zero-order valence-corrected chi connectivity index (χ0v) is 13.7. The van der Waals surface area contributed by atoms with Gasteiger partial charge in [-0.2, -0.15) is 0 Å². The number of benzene rings is 1. The summed E-state index contributed by atoms with van der Waals surface area (Å²) in [5.74, 6) is 2.17. The highest BCUT2D eigenvalue weighted by molar-refractivity contribution is 5.50. The Morgan fingerprint density at radius 1 is 0.952 bits per heavy atom. The molecule has 0 unspecified atom stereocenters. The first kappa shape index (κ1) is 17.6. The maximum Gasteiger partial charge on any atom is 0.164 e. The summed E-state index contributed by atoms with van der Waals surface area (Å²) in [6.07, 6.45) is 1.27. The molecule has 120 valence electrons. The summed E-state index contributed by atoms with van der Waals surface area (Å²) in [6, 6.07) is 3.78. The molecule has 1 aromatic carbocycles. The predicted octanol–water partition coefficient (Wildman–Crippen LogP) is 2.62. The van der Waals surface area contributed by atoms with Crippen molar-refractivity contribution in [2.75, 3.05) is 34.5 Å². The van der Waals surface area contributed by atoms with Gasteiger partial charge in [0, 0.05) is 24.8 Å². The van der Waals surface area contributed by atoms with Crippen LogP contribution >= 0.6 is 0 Å². The van der Waals surface area contributed by atoms with Gasteiger partial charge < -0.3 is 24.3 Å². The van der Waals surface area contributed by atoms with Crippen molar-refractivity contribution in [3.8, 4) is 17.2 Å². The third kappa shape index (κ3) is 5.81. The van der Waals surface area contributed by atoms with Crippen LogP contribution in [-0.2, 0) is 11.3 Å². The molecule has 0 fully saturated rings. The lowest BCUT2D eigenvalue weighted by molar-refractivity contribution is 0.0770. The van der Waals surface area contributed by atoms with Gasteiger partial charge in [0.1, 0.15) is 5.75 Å². The van der Waals surface area contributed by atoms with Crippen LogP contribution in [0.1, 0.15) is 25.8 Å². The quantitative estimate of drug-likeness (QED) is 0.673. The number of rotatable bonds is 10. The van der Waals surface area contributed by atoms with Gasteiger partial charge >= 0.3 is 0 Å². The molecule has 1 aromatic rings. The highest BCUT2D eigenvalue weighted by atomic mass is 16.5. The van der Waals surface area contributed by atoms with Gasteiger partial charge in [-0.3, -0.25) is 0 Å². The summed E-state index contributed by atoms with van der Waals surface area (Å²) in [4.78, 5) is 0. The minimum absolute atomic E-state index is 0.288. The second-order valence-electron chi connectivity index (χ2n) is 4.97. The molecule has 5 heteroatoms. The van der Waals surface area contributed by atoms with Crippen molar-refractivity contribution in [2.45, 2.75) is 32.9 Å². The fraction of sp³-hybridized carbons (Fsp3) is 0.625. The monoisotopic (exact) mass is 297 g/mol. The maximum atomic E-state index is 5.50. The smallest absolute Gasteiger partial charge is 0.164 e. The third-order valence-electron chi connectivity index (χ3n) is 3.05. The zero-order valence-electron chi connectivity index (χ0n) is 13.7. The molecule has 0 spiro atoms. The Balaban J connectivity index is 2.53. The number of ether oxygens (including phenoxy) is 4. The van der Waals surface area contributed by atoms with Crippen LogP contribution in [-0.4, -0.2) is 40.6 Å². The number of methoxy groups -OCH3 is 3. The standard InChI is InChI=1S/C16H27NO4/c1-12(2)21-8-6-7-17-11-13-9-15(19-4)16(20-5)10-14(13)18-3/h9-10,12,17H,6-8,11H2,1-5H3. The molecule has 0 heterocycles. The Morgan fingerprint density at radius 3 is 2.14 bits per heavy atom. The van der Waals surface area contributed by atoms with E-state index in [0.29, 0.717) is 18.0 Å². The molecule has 1 N–H and O–H groups in total. The lowest BCUT2D eigenvalue weighted by atomic mass is 10.1. The SMILES string of the molecule is COc1cc(OC)c(OC)cc1CNCCCOC(C)C. The largest absolute Gasteiger partial charge is 0.496 e. The molecule has 0 aliphatic heterocycles. The first-order chi connectivity index (χ1) is 10.1. The molecule has 0 aliphatic rings. The van der Waals surface area contributed by atoms with Crippen LogP contribution in [0.25, 0.3) is 0 Å². The van der Waals surface area contributed by atoms with Gasteiger partial charge in [-0.05, 0) is 32.9 Å². The van der Waals surface area contributed by atoms with Crippen LogP contribution in [0.4, 0.5) is 0 Å². The van der Waals surface area contributed by atoms with Crippen molar-refractivity contribution in [1.82, 2.24) is 5.32 Å². The molecular weight excluding hydrogens is 270 g/mol. The van der Waals surface area contributed by atoms with Gasteiger partial charge in [0.15, 0.2) is 11.5 Å². The minimum Gasteiger partial charge on any atom is -0.496 e. The second-order valence-corrected chi connectivity index (χ2v) is 4.97. The normalized spacial score (nSPS) is 10.8. The topological polar surface area (TPSA) is 49.0 Å². The second kappa shape index (κ2) is 9.47. The molecular formula is C16H27NO4. The van der Waals surface area contributed by atoms with Gasteiger partial charge in [-0.15, -0.1) is 0 Å². The average Bonchev–Trinajstić information content (AvgIpc) is 2.49. The van der Waals surface area contributed by atoms with Crippen molar-refractivity contribution in [2.24, 2.45) is 0 Å². The highest BCUT2D eigenvalue weighted by Gasteiger charge is 2.11. The Bertz CT molecular complexity index is 421. The van der Waals surface area contributed by atoms with Gasteiger partial charge in [-0.25, -0.2) is 0 Å². The molecule has 1 rings (SSSR count). The Hall–Kier alpha value is -1.46. The number of hydrogen-bond donors (Lipinski definition) is 1. The van der Waals surface area contributed by atoms with E-state index < -0.39 is 0 Å². The maximum absolute atomic E-state index is 5.50. The van der Waals surface area contributed by atoms with Crippen LogP contribution in [0.3, 0.4) is 0 Å². The Morgan fingerprint density at radius 2 is 1.57 bits per heavy atom. The molecule has 0 aromatic heterocycles. The van der Waals surface area contributed by atoms with Gasteiger partial charge in [0.2, 0.25) is 0 Å². The van der Waals surface area contributed by atoms with Crippen molar-refractivity contribution >= 4 is 0 Å². The lowest BCUT2D eigenvalue weighted by Crippen LogP contribution is -2.18. The van der Waals surface area contributed by atoms with Crippen LogP contribution in [0.5, 0.6) is 17.2 Å². The molecule has 21 heavy (non-hydrogen) atoms. The van der Waals surface area contributed by atoms with Crippen LogP contribution in [0, 0.1) is 0 Å². The molecule has 0 saturated heterocycles. The fourth-order valence-corrected chi connectivity index (χ4v) is 1.97. The first-order valence-corrected chi connectivity index (χ1v) is 7.23. The van der Waals surface area contributed by atoms with Crippen LogP contribution < -0.4 is 19.5 Å². The summed E-state index contributed by atoms with van der Waals surface area (Å²) < 4.78 is 21.5. The minimum atomic E-state index is 0.288. The van der Waals surface area contributed by atoms with E-state index in [-0.39, 0.29) is 6.10 Å². The fourth-order valence-electron chi connectivity index (χ4n) is 1.97. The van der Waals surface area contributed by atoms with Gasteiger partial charge in [0.25, 0.3) is 0 Å². The summed E-state index contributed by atoms with van der Waals surface area (Å²) in [5, 5.41) is 3.38. The molecule has 0 atom stereocenters. The summed E-state index contributed by atoms with van der Waals surface area (Å²) >= 11 is 0. The number of hydrogen-bond acceptors (Lipinski definition) is 5. The average molecular weight is 297 g/mol. The van der Waals surface area contributed by atoms with E-state index >= 15 is 0 Å². The predicted molar refractivity (Wildman–Crippen MR) is 83.5 cm³/mol. The van der Waals surface area contributed by atoms with Crippen molar-refractivity contribution in [3.05, 3.63) is 17.7 Å². The summed E-state index contributed by atoms with van der Waals surface area (Å²) in [5.41, 5.74) is 1.04. The third-order valence-corrected chi connectivity index (χ3v) is 3.05. The molecule has 0 bridgehead atoms.